The Bertz CT molecular complexity index is 840. The average molecular weight is 427 g/mol. The predicted octanol–water partition coefficient (Wildman–Crippen LogP) is 3.74. The summed E-state index contributed by atoms with van der Waals surface area (Å²) in [6, 6.07) is 14.5. The van der Waals surface area contributed by atoms with Gasteiger partial charge in [0.1, 0.15) is 5.75 Å². The molecule has 4 rings (SSSR count). The van der Waals surface area contributed by atoms with Crippen LogP contribution in [0.5, 0.6) is 5.75 Å². The summed E-state index contributed by atoms with van der Waals surface area (Å²) in [7, 11) is 0. The van der Waals surface area contributed by atoms with Gasteiger partial charge in [0.05, 0.1) is 6.61 Å². The molecule has 0 bridgehead atoms. The molecule has 0 atom stereocenters. The number of hydrogen-bond acceptors (Lipinski definition) is 3. The van der Waals surface area contributed by atoms with Crippen LogP contribution in [0.3, 0.4) is 0 Å². The van der Waals surface area contributed by atoms with Crippen molar-refractivity contribution in [3.05, 3.63) is 69.7 Å². The Kier molecular flexibility index (Phi) is 5.60. The number of carbonyl (C=O) groups excluding carboxylic acids is 1. The first-order chi connectivity index (χ1) is 13.2. The Morgan fingerprint density at radius 3 is 2.63 bits per heavy atom. The van der Waals surface area contributed by atoms with Crippen LogP contribution < -0.4 is 4.74 Å². The van der Waals surface area contributed by atoms with Gasteiger partial charge in [-0.2, -0.15) is 0 Å². The Morgan fingerprint density at radius 1 is 1.07 bits per heavy atom. The smallest absolute Gasteiger partial charge is 0.246 e. The minimum atomic E-state index is 0.0900. The summed E-state index contributed by atoms with van der Waals surface area (Å²) >= 11 is 3.42. The van der Waals surface area contributed by atoms with Gasteiger partial charge in [0.25, 0.3) is 0 Å². The molecule has 0 N–H and O–H groups in total. The van der Waals surface area contributed by atoms with E-state index >= 15 is 0 Å². The number of carbonyl (C=O) groups is 1. The molecule has 1 amide bonds. The molecule has 5 heteroatoms. The molecule has 140 valence electrons. The lowest BCUT2D eigenvalue weighted by Crippen LogP contribution is -2.47. The molecule has 0 unspecified atom stereocenters. The van der Waals surface area contributed by atoms with Crippen LogP contribution in [0.1, 0.15) is 16.7 Å². The summed E-state index contributed by atoms with van der Waals surface area (Å²) in [6.07, 6.45) is 4.57. The average Bonchev–Trinajstić information content (AvgIpc) is 3.16. The van der Waals surface area contributed by atoms with Crippen LogP contribution in [-0.2, 0) is 17.8 Å². The van der Waals surface area contributed by atoms with Gasteiger partial charge in [0, 0.05) is 49.7 Å². The maximum atomic E-state index is 12.4. The van der Waals surface area contributed by atoms with Gasteiger partial charge in [-0.1, -0.05) is 40.2 Å². The quantitative estimate of drug-likeness (QED) is 0.697. The fourth-order valence-electron chi connectivity index (χ4n) is 3.57. The van der Waals surface area contributed by atoms with E-state index in [2.05, 4.69) is 39.0 Å². The number of rotatable bonds is 4. The van der Waals surface area contributed by atoms with E-state index in [1.165, 1.54) is 11.1 Å². The van der Waals surface area contributed by atoms with E-state index in [0.29, 0.717) is 0 Å². The molecule has 0 spiro atoms. The third kappa shape index (κ3) is 4.60. The van der Waals surface area contributed by atoms with Gasteiger partial charge in [-0.3, -0.25) is 9.69 Å². The van der Waals surface area contributed by atoms with Crippen molar-refractivity contribution in [1.82, 2.24) is 9.80 Å². The number of nitrogens with zero attached hydrogens (tertiary/aromatic N) is 2. The molecule has 0 saturated carbocycles. The molecule has 27 heavy (non-hydrogen) atoms. The van der Waals surface area contributed by atoms with Gasteiger partial charge in [-0.05, 0) is 41.0 Å². The van der Waals surface area contributed by atoms with E-state index in [1.807, 2.05) is 35.2 Å². The first kappa shape index (κ1) is 18.3. The number of ether oxygens (including phenoxy) is 1. The molecule has 2 heterocycles. The van der Waals surface area contributed by atoms with Crippen molar-refractivity contribution in [2.45, 2.75) is 13.0 Å². The maximum absolute atomic E-state index is 12.4. The number of amides is 1. The lowest BCUT2D eigenvalue weighted by atomic mass is 10.1. The first-order valence-electron chi connectivity index (χ1n) is 9.37. The highest BCUT2D eigenvalue weighted by atomic mass is 79.9. The second-order valence-electron chi connectivity index (χ2n) is 7.03. The third-order valence-corrected chi connectivity index (χ3v) is 5.66. The van der Waals surface area contributed by atoms with E-state index in [1.54, 1.807) is 6.08 Å². The molecule has 4 nitrogen and oxygen atoms in total. The second kappa shape index (κ2) is 8.28. The minimum absolute atomic E-state index is 0.0900. The van der Waals surface area contributed by atoms with E-state index < -0.39 is 0 Å². The highest BCUT2D eigenvalue weighted by molar-refractivity contribution is 9.10. The van der Waals surface area contributed by atoms with Crippen LogP contribution in [0.4, 0.5) is 0 Å². The normalized spacial score (nSPS) is 17.1. The predicted molar refractivity (Wildman–Crippen MR) is 111 cm³/mol. The Hall–Kier alpha value is -2.11. The zero-order chi connectivity index (χ0) is 18.6. The van der Waals surface area contributed by atoms with Crippen molar-refractivity contribution in [3.8, 4) is 5.75 Å². The van der Waals surface area contributed by atoms with Gasteiger partial charge in [0.15, 0.2) is 0 Å². The van der Waals surface area contributed by atoms with Crippen molar-refractivity contribution in [3.63, 3.8) is 0 Å². The van der Waals surface area contributed by atoms with Crippen LogP contribution in [0.2, 0.25) is 0 Å². The Labute approximate surface area is 168 Å². The monoisotopic (exact) mass is 426 g/mol. The lowest BCUT2D eigenvalue weighted by molar-refractivity contribution is -0.127. The molecule has 2 aromatic rings. The number of halogens is 1. The van der Waals surface area contributed by atoms with E-state index in [9.17, 15) is 4.79 Å². The van der Waals surface area contributed by atoms with Gasteiger partial charge < -0.3 is 9.64 Å². The van der Waals surface area contributed by atoms with Crippen LogP contribution >= 0.6 is 15.9 Å². The van der Waals surface area contributed by atoms with E-state index in [-0.39, 0.29) is 5.91 Å². The van der Waals surface area contributed by atoms with Crippen molar-refractivity contribution >= 4 is 27.9 Å². The van der Waals surface area contributed by atoms with Gasteiger partial charge in [-0.25, -0.2) is 0 Å². The highest BCUT2D eigenvalue weighted by Crippen LogP contribution is 2.26. The fourth-order valence-corrected chi connectivity index (χ4v) is 3.83. The molecule has 2 aliphatic rings. The summed E-state index contributed by atoms with van der Waals surface area (Å²) in [5, 5.41) is 0. The number of benzene rings is 2. The molecule has 0 aliphatic carbocycles. The Morgan fingerprint density at radius 2 is 1.85 bits per heavy atom. The minimum Gasteiger partial charge on any atom is -0.493 e. The SMILES string of the molecule is O=C(/C=C/c1ccc(Br)cc1)N1CCN(Cc2ccc3c(c2)CCO3)CC1. The highest BCUT2D eigenvalue weighted by Gasteiger charge is 2.20. The fraction of sp³-hybridized carbons (Fsp3) is 0.318. The van der Waals surface area contributed by atoms with E-state index in [4.69, 9.17) is 4.74 Å². The molecule has 1 fully saturated rings. The van der Waals surface area contributed by atoms with Gasteiger partial charge >= 0.3 is 0 Å². The number of piperazine rings is 1. The second-order valence-corrected chi connectivity index (χ2v) is 7.94. The van der Waals surface area contributed by atoms with Crippen molar-refractivity contribution in [1.29, 1.82) is 0 Å². The molecule has 1 saturated heterocycles. The Balaban J connectivity index is 1.28. The summed E-state index contributed by atoms with van der Waals surface area (Å²) in [6.45, 7) is 5.10. The molecular weight excluding hydrogens is 404 g/mol. The largest absolute Gasteiger partial charge is 0.493 e. The topological polar surface area (TPSA) is 32.8 Å². The van der Waals surface area contributed by atoms with Crippen LogP contribution in [0, 0.1) is 0 Å². The summed E-state index contributed by atoms with van der Waals surface area (Å²) in [5.41, 5.74) is 3.68. The van der Waals surface area contributed by atoms with Gasteiger partial charge in [-0.15, -0.1) is 0 Å². The molecular formula is C22H23BrN2O2. The van der Waals surface area contributed by atoms with Crippen LogP contribution in [-0.4, -0.2) is 48.5 Å². The standard InChI is InChI=1S/C22H23BrN2O2/c23-20-5-1-17(2-6-20)4-8-22(26)25-12-10-24(11-13-25)16-18-3-7-21-19(15-18)9-14-27-21/h1-8,15H,9-14,16H2/b8-4+. The van der Waals surface area contributed by atoms with E-state index in [0.717, 1.165) is 61.5 Å². The van der Waals surface area contributed by atoms with Crippen molar-refractivity contribution < 1.29 is 9.53 Å². The zero-order valence-corrected chi connectivity index (χ0v) is 16.8. The summed E-state index contributed by atoms with van der Waals surface area (Å²) < 4.78 is 6.62. The molecule has 0 radical (unpaired) electrons. The lowest BCUT2D eigenvalue weighted by Gasteiger charge is -2.34. The summed E-state index contributed by atoms with van der Waals surface area (Å²) in [5.74, 6) is 1.12. The molecule has 2 aromatic carbocycles. The maximum Gasteiger partial charge on any atom is 0.246 e. The van der Waals surface area contributed by atoms with Crippen LogP contribution in [0.15, 0.2) is 53.0 Å². The number of fused-ring (bicyclic) bond motifs is 1. The summed E-state index contributed by atoms with van der Waals surface area (Å²) in [4.78, 5) is 16.8. The zero-order valence-electron chi connectivity index (χ0n) is 15.2. The van der Waals surface area contributed by atoms with Crippen molar-refractivity contribution in [2.24, 2.45) is 0 Å². The third-order valence-electron chi connectivity index (χ3n) is 5.13. The van der Waals surface area contributed by atoms with Crippen molar-refractivity contribution in [2.75, 3.05) is 32.8 Å². The molecule has 2 aliphatic heterocycles. The van der Waals surface area contributed by atoms with Gasteiger partial charge in [0.2, 0.25) is 5.91 Å². The first-order valence-corrected chi connectivity index (χ1v) is 10.2. The molecule has 0 aromatic heterocycles. The van der Waals surface area contributed by atoms with Crippen LogP contribution in [0.25, 0.3) is 6.08 Å². The number of hydrogen-bond donors (Lipinski definition) is 0.